The topological polar surface area (TPSA) is 142 Å². The minimum atomic E-state index is -4.73. The fourth-order valence-electron chi connectivity index (χ4n) is 5.05. The lowest BCUT2D eigenvalue weighted by Gasteiger charge is -2.31. The largest absolute Gasteiger partial charge is 0.487 e. The van der Waals surface area contributed by atoms with Crippen molar-refractivity contribution in [1.82, 2.24) is 15.0 Å². The van der Waals surface area contributed by atoms with Crippen molar-refractivity contribution >= 4 is 40.1 Å². The number of nitrogens with zero attached hydrogens (tertiary/aromatic N) is 4. The number of anilines is 2. The average molecular weight is 664 g/mol. The van der Waals surface area contributed by atoms with E-state index in [9.17, 15) is 27.6 Å². The van der Waals surface area contributed by atoms with Crippen LogP contribution in [0, 0.1) is 5.92 Å². The van der Waals surface area contributed by atoms with E-state index in [0.717, 1.165) is 17.4 Å². The number of alkyl halides is 3. The Hall–Kier alpha value is -4.31. The molecule has 1 N–H and O–H groups in total. The van der Waals surface area contributed by atoms with Gasteiger partial charge < -0.3 is 23.8 Å². The highest BCUT2D eigenvalue weighted by molar-refractivity contribution is 7.16. The molecular weight excluding hydrogens is 631 g/mol. The van der Waals surface area contributed by atoms with Gasteiger partial charge in [-0.15, -0.1) is 0 Å². The molecule has 246 valence electrons. The molecule has 2 saturated heterocycles. The maximum Gasteiger partial charge on any atom is 0.419 e. The van der Waals surface area contributed by atoms with Crippen LogP contribution in [0.25, 0.3) is 11.3 Å². The van der Waals surface area contributed by atoms with Gasteiger partial charge in [0.2, 0.25) is 0 Å². The zero-order chi connectivity index (χ0) is 32.8. The summed E-state index contributed by atoms with van der Waals surface area (Å²) in [7, 11) is 0. The number of piperidine rings is 1. The molecule has 0 bridgehead atoms. The summed E-state index contributed by atoms with van der Waals surface area (Å²) in [4.78, 5) is 51.8. The van der Waals surface area contributed by atoms with Gasteiger partial charge in [-0.05, 0) is 38.0 Å². The number of hydrogen-bond acceptors (Lipinski definition) is 12. The molecule has 3 aromatic rings. The second-order valence-corrected chi connectivity index (χ2v) is 11.7. The number of benzene rings is 1. The molecule has 4 heterocycles. The Morgan fingerprint density at radius 2 is 1.89 bits per heavy atom. The van der Waals surface area contributed by atoms with Crippen LogP contribution in [-0.2, 0) is 36.6 Å². The number of aromatic nitrogens is 3. The zero-order valence-corrected chi connectivity index (χ0v) is 25.9. The van der Waals surface area contributed by atoms with Crippen molar-refractivity contribution in [3.8, 4) is 17.0 Å². The number of amides is 1. The van der Waals surface area contributed by atoms with Gasteiger partial charge in [0.15, 0.2) is 5.13 Å². The fraction of sp³-hybridized carbons (Fsp3) is 0.467. The summed E-state index contributed by atoms with van der Waals surface area (Å²) in [5.74, 6) is -1.39. The predicted molar refractivity (Wildman–Crippen MR) is 159 cm³/mol. The summed E-state index contributed by atoms with van der Waals surface area (Å²) in [5, 5.41) is 2.67. The average Bonchev–Trinajstić information content (AvgIpc) is 3.70. The molecule has 1 aromatic carbocycles. The smallest absolute Gasteiger partial charge is 0.419 e. The highest BCUT2D eigenvalue weighted by Crippen LogP contribution is 2.41. The molecule has 16 heteroatoms. The van der Waals surface area contributed by atoms with Gasteiger partial charge in [0, 0.05) is 32.0 Å². The van der Waals surface area contributed by atoms with E-state index in [2.05, 4.69) is 20.3 Å². The van der Waals surface area contributed by atoms with Gasteiger partial charge in [-0.1, -0.05) is 11.3 Å². The minimum Gasteiger partial charge on any atom is -0.487 e. The lowest BCUT2D eigenvalue weighted by atomic mass is 9.97. The summed E-state index contributed by atoms with van der Waals surface area (Å²) < 4.78 is 63.2. The monoisotopic (exact) mass is 663 g/mol. The molecule has 46 heavy (non-hydrogen) atoms. The molecule has 0 saturated carbocycles. The number of carbonyl (C=O) groups excluding carboxylic acids is 3. The van der Waals surface area contributed by atoms with Gasteiger partial charge in [0.1, 0.15) is 30.0 Å². The van der Waals surface area contributed by atoms with E-state index in [-0.39, 0.29) is 52.9 Å². The number of hydrogen-bond donors (Lipinski definition) is 1. The van der Waals surface area contributed by atoms with Gasteiger partial charge in [-0.3, -0.25) is 19.7 Å². The fourth-order valence-corrected chi connectivity index (χ4v) is 5.94. The van der Waals surface area contributed by atoms with E-state index in [4.69, 9.17) is 18.9 Å². The van der Waals surface area contributed by atoms with Crippen molar-refractivity contribution in [1.29, 1.82) is 0 Å². The molecule has 12 nitrogen and oxygen atoms in total. The highest BCUT2D eigenvalue weighted by atomic mass is 32.1. The Labute approximate surface area is 266 Å². The van der Waals surface area contributed by atoms with Crippen molar-refractivity contribution in [3.63, 3.8) is 0 Å². The van der Waals surface area contributed by atoms with Crippen LogP contribution in [0.3, 0.4) is 0 Å². The number of nitrogens with one attached hydrogen (secondary N) is 1. The summed E-state index contributed by atoms with van der Waals surface area (Å²) in [6, 6.07) is 3.57. The highest BCUT2D eigenvalue weighted by Gasteiger charge is 2.36. The quantitative estimate of drug-likeness (QED) is 0.297. The molecule has 5 rings (SSSR count). The van der Waals surface area contributed by atoms with Crippen LogP contribution >= 0.6 is 11.3 Å². The van der Waals surface area contributed by atoms with Crippen molar-refractivity contribution in [2.75, 3.05) is 43.1 Å². The molecule has 2 aliphatic heterocycles. The number of carbonyl (C=O) groups is 3. The third-order valence-electron chi connectivity index (χ3n) is 7.37. The Bertz CT molecular complexity index is 1550. The lowest BCUT2D eigenvalue weighted by molar-refractivity contribution is -0.148. The molecular formula is C30H32F3N5O7S. The predicted octanol–water partition coefficient (Wildman–Crippen LogP) is 4.88. The van der Waals surface area contributed by atoms with Crippen LogP contribution < -0.4 is 15.0 Å². The second kappa shape index (κ2) is 14.4. The molecule has 0 radical (unpaired) electrons. The molecule has 2 aliphatic rings. The maximum absolute atomic E-state index is 14.1. The van der Waals surface area contributed by atoms with Crippen molar-refractivity contribution in [2.24, 2.45) is 5.92 Å². The van der Waals surface area contributed by atoms with Crippen molar-refractivity contribution in [2.45, 2.75) is 52.0 Å². The van der Waals surface area contributed by atoms with E-state index in [1.165, 1.54) is 31.5 Å². The Morgan fingerprint density at radius 1 is 1.11 bits per heavy atom. The minimum absolute atomic E-state index is 0.0137. The standard InChI is InChI=1S/C30H32F3N5O7S/c1-3-43-28(41)18-6-9-38(10-7-18)25-14-34-22(13-35-25)27(40)37-29-36-26(24(46-29)16-44-17(2)39)19-4-5-23(21(12-19)30(31,32)33)45-20-8-11-42-15-20/h4-5,12-14,18,20H,3,6-11,15-16H2,1-2H3,(H,36,37,40)/t20-/m1/s1. The summed E-state index contributed by atoms with van der Waals surface area (Å²) in [5.41, 5.74) is -0.804. The van der Waals surface area contributed by atoms with Gasteiger partial charge in [0.25, 0.3) is 5.91 Å². The zero-order valence-electron chi connectivity index (χ0n) is 25.1. The molecule has 2 aromatic heterocycles. The Balaban J connectivity index is 1.32. The van der Waals surface area contributed by atoms with Gasteiger partial charge in [-0.25, -0.2) is 15.0 Å². The summed E-state index contributed by atoms with van der Waals surface area (Å²) >= 11 is 0.951. The van der Waals surface area contributed by atoms with Crippen LogP contribution in [0.2, 0.25) is 0 Å². The first kappa shape index (κ1) is 33.1. The molecule has 1 amide bonds. The lowest BCUT2D eigenvalue weighted by Crippen LogP contribution is -2.37. The van der Waals surface area contributed by atoms with E-state index in [0.29, 0.717) is 56.3 Å². The molecule has 2 fully saturated rings. The number of rotatable bonds is 10. The van der Waals surface area contributed by atoms with Gasteiger partial charge in [0.05, 0.1) is 54.3 Å². The first-order chi connectivity index (χ1) is 22.0. The van der Waals surface area contributed by atoms with Crippen molar-refractivity contribution < 1.29 is 46.5 Å². The normalized spacial score (nSPS) is 17.1. The van der Waals surface area contributed by atoms with Gasteiger partial charge in [-0.2, -0.15) is 13.2 Å². The van der Waals surface area contributed by atoms with Crippen molar-refractivity contribution in [3.05, 3.63) is 46.7 Å². The summed E-state index contributed by atoms with van der Waals surface area (Å²) in [6.07, 6.45) is -0.757. The van der Waals surface area contributed by atoms with Crippen LogP contribution in [0.15, 0.2) is 30.6 Å². The Kier molecular flexibility index (Phi) is 10.4. The van der Waals surface area contributed by atoms with Crippen LogP contribution in [0.1, 0.15) is 54.0 Å². The molecule has 0 aliphatic carbocycles. The molecule has 1 atom stereocenters. The van der Waals surface area contributed by atoms with Crippen LogP contribution in [0.4, 0.5) is 24.1 Å². The van der Waals surface area contributed by atoms with Gasteiger partial charge >= 0.3 is 18.1 Å². The Morgan fingerprint density at radius 3 is 2.52 bits per heavy atom. The number of halogens is 3. The number of esters is 2. The maximum atomic E-state index is 14.1. The SMILES string of the molecule is CCOC(=O)C1CCN(c2cnc(C(=O)Nc3nc(-c4ccc(O[C@@H]5CCOC5)c(C(F)(F)F)c4)c(COC(C)=O)s3)cn2)CC1. The third-order valence-corrected chi connectivity index (χ3v) is 8.32. The van der Waals surface area contributed by atoms with E-state index >= 15 is 0 Å². The van der Waals surface area contributed by atoms with E-state index in [1.54, 1.807) is 6.92 Å². The van der Waals surface area contributed by atoms with E-state index in [1.807, 2.05) is 4.90 Å². The number of ether oxygens (including phenoxy) is 4. The number of thiazole rings is 1. The van der Waals surface area contributed by atoms with E-state index < -0.39 is 29.7 Å². The summed E-state index contributed by atoms with van der Waals surface area (Å²) in [6.45, 7) is 4.80. The molecule has 0 unspecified atom stereocenters. The third kappa shape index (κ3) is 8.09. The molecule has 0 spiro atoms. The van der Waals surface area contributed by atoms with Crippen LogP contribution in [-0.4, -0.2) is 71.8 Å². The van der Waals surface area contributed by atoms with Crippen LogP contribution in [0.5, 0.6) is 5.75 Å². The first-order valence-corrected chi connectivity index (χ1v) is 15.5. The second-order valence-electron chi connectivity index (χ2n) is 10.6. The first-order valence-electron chi connectivity index (χ1n) is 14.7.